The standard InChI is InChI=1S/C16H17BrFNO/c1-2-20-15-5-3-12(4-6-15)16(19)9-11-7-13(17)10-14(18)8-11/h3-8,10,16H,2,9,19H2,1H3. The van der Waals surface area contributed by atoms with Crippen LogP contribution in [-0.4, -0.2) is 6.61 Å². The van der Waals surface area contributed by atoms with E-state index in [9.17, 15) is 4.39 Å². The monoisotopic (exact) mass is 337 g/mol. The minimum absolute atomic E-state index is 0.167. The molecule has 20 heavy (non-hydrogen) atoms. The molecule has 1 atom stereocenters. The van der Waals surface area contributed by atoms with Crippen LogP contribution in [0.4, 0.5) is 4.39 Å². The van der Waals surface area contributed by atoms with Gasteiger partial charge < -0.3 is 10.5 Å². The minimum Gasteiger partial charge on any atom is -0.494 e. The molecule has 0 heterocycles. The predicted molar refractivity (Wildman–Crippen MR) is 82.3 cm³/mol. The molecule has 0 bridgehead atoms. The second-order valence-corrected chi connectivity index (χ2v) is 5.51. The lowest BCUT2D eigenvalue weighted by Crippen LogP contribution is -2.13. The van der Waals surface area contributed by atoms with E-state index in [1.807, 2.05) is 37.3 Å². The quantitative estimate of drug-likeness (QED) is 0.886. The Labute approximate surface area is 126 Å². The second-order valence-electron chi connectivity index (χ2n) is 4.59. The average molecular weight is 338 g/mol. The highest BCUT2D eigenvalue weighted by molar-refractivity contribution is 9.10. The first-order valence-electron chi connectivity index (χ1n) is 6.52. The van der Waals surface area contributed by atoms with E-state index in [4.69, 9.17) is 10.5 Å². The highest BCUT2D eigenvalue weighted by atomic mass is 79.9. The number of halogens is 2. The maximum absolute atomic E-state index is 13.3. The van der Waals surface area contributed by atoms with Gasteiger partial charge in [0.15, 0.2) is 0 Å². The third kappa shape index (κ3) is 4.05. The molecule has 0 fully saturated rings. The number of ether oxygens (including phenoxy) is 1. The lowest BCUT2D eigenvalue weighted by Gasteiger charge is -2.13. The van der Waals surface area contributed by atoms with Crippen molar-refractivity contribution in [3.63, 3.8) is 0 Å². The lowest BCUT2D eigenvalue weighted by molar-refractivity contribution is 0.340. The van der Waals surface area contributed by atoms with Crippen LogP contribution in [-0.2, 0) is 6.42 Å². The molecule has 0 saturated carbocycles. The molecule has 0 aliphatic carbocycles. The molecule has 2 nitrogen and oxygen atoms in total. The number of hydrogen-bond donors (Lipinski definition) is 1. The van der Waals surface area contributed by atoms with E-state index in [-0.39, 0.29) is 11.9 Å². The van der Waals surface area contributed by atoms with Crippen molar-refractivity contribution in [2.45, 2.75) is 19.4 Å². The third-order valence-electron chi connectivity index (χ3n) is 3.00. The Balaban J connectivity index is 2.08. The molecule has 2 aromatic rings. The second kappa shape index (κ2) is 6.86. The van der Waals surface area contributed by atoms with Crippen LogP contribution >= 0.6 is 15.9 Å². The predicted octanol–water partition coefficient (Wildman–Crippen LogP) is 4.23. The Bertz CT molecular complexity index is 551. The van der Waals surface area contributed by atoms with Gasteiger partial charge in [-0.1, -0.05) is 28.1 Å². The van der Waals surface area contributed by atoms with E-state index in [1.54, 1.807) is 0 Å². The van der Waals surface area contributed by atoms with Crippen molar-refractivity contribution < 1.29 is 9.13 Å². The zero-order chi connectivity index (χ0) is 14.5. The molecule has 0 spiro atoms. The molecular formula is C16H17BrFNO. The summed E-state index contributed by atoms with van der Waals surface area (Å²) in [6.45, 7) is 2.59. The Kier molecular flexibility index (Phi) is 5.15. The maximum atomic E-state index is 13.3. The van der Waals surface area contributed by atoms with Gasteiger partial charge in [0.25, 0.3) is 0 Å². The minimum atomic E-state index is -0.256. The first-order valence-corrected chi connectivity index (χ1v) is 7.31. The van der Waals surface area contributed by atoms with Crippen LogP contribution in [0.25, 0.3) is 0 Å². The Hall–Kier alpha value is -1.39. The van der Waals surface area contributed by atoms with Crippen LogP contribution in [0.2, 0.25) is 0 Å². The Morgan fingerprint density at radius 1 is 1.20 bits per heavy atom. The number of hydrogen-bond acceptors (Lipinski definition) is 2. The Morgan fingerprint density at radius 2 is 1.90 bits per heavy atom. The van der Waals surface area contributed by atoms with E-state index in [2.05, 4.69) is 15.9 Å². The van der Waals surface area contributed by atoms with E-state index in [1.165, 1.54) is 12.1 Å². The van der Waals surface area contributed by atoms with Gasteiger partial charge in [-0.15, -0.1) is 0 Å². The molecule has 0 saturated heterocycles. The summed E-state index contributed by atoms with van der Waals surface area (Å²) in [6, 6.07) is 12.4. The van der Waals surface area contributed by atoms with Gasteiger partial charge in [-0.05, 0) is 54.8 Å². The molecule has 0 radical (unpaired) electrons. The van der Waals surface area contributed by atoms with Gasteiger partial charge in [0.1, 0.15) is 11.6 Å². The zero-order valence-corrected chi connectivity index (χ0v) is 12.9. The van der Waals surface area contributed by atoms with Gasteiger partial charge in [-0.2, -0.15) is 0 Å². The van der Waals surface area contributed by atoms with E-state index in [0.29, 0.717) is 13.0 Å². The summed E-state index contributed by atoms with van der Waals surface area (Å²) >= 11 is 3.29. The third-order valence-corrected chi connectivity index (χ3v) is 3.46. The van der Waals surface area contributed by atoms with Gasteiger partial charge in [0, 0.05) is 10.5 Å². The normalized spacial score (nSPS) is 12.2. The fourth-order valence-electron chi connectivity index (χ4n) is 2.08. The molecule has 106 valence electrons. The van der Waals surface area contributed by atoms with Crippen LogP contribution in [0, 0.1) is 5.82 Å². The zero-order valence-electron chi connectivity index (χ0n) is 11.3. The van der Waals surface area contributed by atoms with Gasteiger partial charge in [-0.25, -0.2) is 4.39 Å². The number of benzene rings is 2. The maximum Gasteiger partial charge on any atom is 0.124 e. The summed E-state index contributed by atoms with van der Waals surface area (Å²) in [7, 11) is 0. The molecule has 0 aliphatic rings. The molecule has 0 aliphatic heterocycles. The molecule has 0 amide bonds. The lowest BCUT2D eigenvalue weighted by atomic mass is 9.99. The molecule has 2 rings (SSSR count). The van der Waals surface area contributed by atoms with Gasteiger partial charge in [-0.3, -0.25) is 0 Å². The highest BCUT2D eigenvalue weighted by Gasteiger charge is 2.09. The number of nitrogens with two attached hydrogens (primary N) is 1. The molecule has 0 aromatic heterocycles. The molecule has 2 N–H and O–H groups in total. The van der Waals surface area contributed by atoms with Crippen molar-refractivity contribution in [3.05, 3.63) is 63.9 Å². The summed E-state index contributed by atoms with van der Waals surface area (Å²) in [6.07, 6.45) is 0.588. The van der Waals surface area contributed by atoms with E-state index in [0.717, 1.165) is 21.3 Å². The largest absolute Gasteiger partial charge is 0.494 e. The first-order chi connectivity index (χ1) is 9.58. The molecule has 2 aromatic carbocycles. The van der Waals surface area contributed by atoms with Gasteiger partial charge >= 0.3 is 0 Å². The Morgan fingerprint density at radius 3 is 2.50 bits per heavy atom. The van der Waals surface area contributed by atoms with Gasteiger partial charge in [0.05, 0.1) is 6.61 Å². The van der Waals surface area contributed by atoms with Gasteiger partial charge in [0.2, 0.25) is 0 Å². The van der Waals surface area contributed by atoms with Crippen molar-refractivity contribution in [1.82, 2.24) is 0 Å². The van der Waals surface area contributed by atoms with Crippen molar-refractivity contribution in [2.24, 2.45) is 5.73 Å². The SMILES string of the molecule is CCOc1ccc(C(N)Cc2cc(F)cc(Br)c2)cc1. The summed E-state index contributed by atoms with van der Waals surface area (Å²) < 4.78 is 19.5. The van der Waals surface area contributed by atoms with Crippen LogP contribution in [0.1, 0.15) is 24.1 Å². The highest BCUT2D eigenvalue weighted by Crippen LogP contribution is 2.22. The fraction of sp³-hybridized carbons (Fsp3) is 0.250. The molecule has 4 heteroatoms. The molecular weight excluding hydrogens is 321 g/mol. The summed E-state index contributed by atoms with van der Waals surface area (Å²) in [5.41, 5.74) is 8.05. The van der Waals surface area contributed by atoms with Crippen molar-refractivity contribution in [2.75, 3.05) is 6.61 Å². The molecule has 1 unspecified atom stereocenters. The fourth-order valence-corrected chi connectivity index (χ4v) is 2.59. The van der Waals surface area contributed by atoms with Crippen LogP contribution < -0.4 is 10.5 Å². The van der Waals surface area contributed by atoms with E-state index >= 15 is 0 Å². The van der Waals surface area contributed by atoms with Crippen molar-refractivity contribution >= 4 is 15.9 Å². The first kappa shape index (κ1) is 15.0. The number of rotatable bonds is 5. The van der Waals surface area contributed by atoms with Crippen LogP contribution in [0.15, 0.2) is 46.9 Å². The average Bonchev–Trinajstić information content (AvgIpc) is 2.38. The van der Waals surface area contributed by atoms with Crippen molar-refractivity contribution in [1.29, 1.82) is 0 Å². The summed E-state index contributed by atoms with van der Waals surface area (Å²) in [5, 5.41) is 0. The topological polar surface area (TPSA) is 35.2 Å². The van der Waals surface area contributed by atoms with Crippen molar-refractivity contribution in [3.8, 4) is 5.75 Å². The summed E-state index contributed by atoms with van der Waals surface area (Å²) in [5.74, 6) is 0.574. The van der Waals surface area contributed by atoms with Crippen LogP contribution in [0.5, 0.6) is 5.75 Å². The van der Waals surface area contributed by atoms with E-state index < -0.39 is 0 Å². The van der Waals surface area contributed by atoms with Crippen LogP contribution in [0.3, 0.4) is 0 Å². The summed E-state index contributed by atoms with van der Waals surface area (Å²) in [4.78, 5) is 0. The smallest absolute Gasteiger partial charge is 0.124 e.